The molecule has 0 spiro atoms. The molecule has 5 nitrogen and oxygen atoms in total. The number of carbonyl (C=O) groups excluding carboxylic acids is 1. The predicted octanol–water partition coefficient (Wildman–Crippen LogP) is 0.857. The van der Waals surface area contributed by atoms with Crippen LogP contribution >= 0.6 is 0 Å². The number of aldehydes is 1. The summed E-state index contributed by atoms with van der Waals surface area (Å²) in [7, 11) is 2.36. The Bertz CT molecular complexity index is 449. The summed E-state index contributed by atoms with van der Waals surface area (Å²) in [5.41, 5.74) is 1.92. The van der Waals surface area contributed by atoms with Gasteiger partial charge >= 0.3 is 0 Å². The van der Waals surface area contributed by atoms with E-state index in [1.165, 1.54) is 5.69 Å². The second kappa shape index (κ2) is 5.90. The van der Waals surface area contributed by atoms with Crippen molar-refractivity contribution in [3.05, 3.63) is 29.8 Å². The molecule has 0 radical (unpaired) electrons. The molecule has 0 fully saturated rings. The molecule has 0 N–H and O–H groups in total. The second-order valence-electron chi connectivity index (χ2n) is 4.43. The van der Waals surface area contributed by atoms with Crippen molar-refractivity contribution in [1.29, 1.82) is 0 Å². The van der Waals surface area contributed by atoms with E-state index in [0.717, 1.165) is 16.3 Å². The minimum atomic E-state index is -3.92. The Kier molecular flexibility index (Phi) is 5.47. The lowest BCUT2D eigenvalue weighted by molar-refractivity contribution is 0.112. The van der Waals surface area contributed by atoms with Crippen molar-refractivity contribution in [2.45, 2.75) is 0 Å². The molecule has 96 valence electrons. The van der Waals surface area contributed by atoms with Crippen molar-refractivity contribution in [3.63, 3.8) is 0 Å². The van der Waals surface area contributed by atoms with Crippen molar-refractivity contribution in [1.82, 2.24) is 4.48 Å². The van der Waals surface area contributed by atoms with Crippen LogP contribution in [0.25, 0.3) is 0 Å². The van der Waals surface area contributed by atoms with Crippen LogP contribution in [0.1, 0.15) is 10.4 Å². The lowest BCUT2D eigenvalue weighted by Gasteiger charge is -2.23. The Hall–Kier alpha value is -1.24. The van der Waals surface area contributed by atoms with Crippen LogP contribution in [0.2, 0.25) is 0 Å². The number of nitrogens with zero attached hydrogens (tertiary/aromatic N) is 1. The SMILES string of the molecule is CS(=O)(=O)[O-].C[N+](C)(C)c1ccc(C=O)cc1. The van der Waals surface area contributed by atoms with Crippen molar-refractivity contribution in [2.24, 2.45) is 0 Å². The molecule has 1 aromatic carbocycles. The maximum Gasteiger partial charge on any atom is 0.150 e. The van der Waals surface area contributed by atoms with Crippen LogP contribution in [0.5, 0.6) is 0 Å². The third-order valence-corrected chi connectivity index (χ3v) is 1.80. The van der Waals surface area contributed by atoms with Crippen LogP contribution in [0.15, 0.2) is 24.3 Å². The molecule has 17 heavy (non-hydrogen) atoms. The monoisotopic (exact) mass is 259 g/mol. The van der Waals surface area contributed by atoms with Gasteiger partial charge in [-0.3, -0.25) is 9.28 Å². The first-order chi connectivity index (χ1) is 7.54. The van der Waals surface area contributed by atoms with E-state index in [2.05, 4.69) is 21.1 Å². The molecule has 0 bridgehead atoms. The van der Waals surface area contributed by atoms with Crippen LogP contribution < -0.4 is 4.48 Å². The minimum Gasteiger partial charge on any atom is -0.748 e. The zero-order valence-electron chi connectivity index (χ0n) is 10.4. The molecule has 0 unspecified atom stereocenters. The first-order valence-corrected chi connectivity index (χ1v) is 6.64. The fourth-order valence-electron chi connectivity index (χ4n) is 1.00. The summed E-state index contributed by atoms with van der Waals surface area (Å²) in [6, 6.07) is 7.63. The molecule has 0 aliphatic rings. The molecule has 0 heterocycles. The Morgan fingerprint density at radius 1 is 1.12 bits per heavy atom. The summed E-state index contributed by atoms with van der Waals surface area (Å²) in [6.07, 6.45) is 1.46. The van der Waals surface area contributed by atoms with Gasteiger partial charge in [-0.25, -0.2) is 8.42 Å². The first-order valence-electron chi connectivity index (χ1n) is 4.82. The molecule has 1 aromatic rings. The minimum absolute atomic E-state index is 0.604. The van der Waals surface area contributed by atoms with Crippen molar-refractivity contribution in [3.8, 4) is 0 Å². The normalized spacial score (nSPS) is 11.4. The summed E-state index contributed by atoms with van der Waals surface area (Å²) in [5, 5.41) is 0. The number of hydrogen-bond donors (Lipinski definition) is 0. The van der Waals surface area contributed by atoms with Crippen LogP contribution in [0.3, 0.4) is 0 Å². The Morgan fingerprint density at radius 3 is 1.71 bits per heavy atom. The Labute approximate surface area is 102 Å². The van der Waals surface area contributed by atoms with E-state index in [4.69, 9.17) is 13.0 Å². The largest absolute Gasteiger partial charge is 0.748 e. The van der Waals surface area contributed by atoms with Gasteiger partial charge in [-0.15, -0.1) is 0 Å². The Morgan fingerprint density at radius 2 is 1.47 bits per heavy atom. The van der Waals surface area contributed by atoms with Crippen LogP contribution in [0.4, 0.5) is 5.69 Å². The van der Waals surface area contributed by atoms with Crippen molar-refractivity contribution in [2.75, 3.05) is 27.4 Å². The summed E-state index contributed by atoms with van der Waals surface area (Å²) in [4.78, 5) is 10.4. The van der Waals surface area contributed by atoms with Crippen molar-refractivity contribution >= 4 is 22.1 Å². The summed E-state index contributed by atoms with van der Waals surface area (Å²) >= 11 is 0. The highest BCUT2D eigenvalue weighted by Gasteiger charge is 2.10. The van der Waals surface area contributed by atoms with Gasteiger partial charge in [-0.05, 0) is 24.3 Å². The third kappa shape index (κ3) is 8.56. The van der Waals surface area contributed by atoms with E-state index >= 15 is 0 Å². The molecular weight excluding hydrogens is 242 g/mol. The van der Waals surface area contributed by atoms with E-state index in [0.29, 0.717) is 6.26 Å². The van der Waals surface area contributed by atoms with E-state index in [1.54, 1.807) is 0 Å². The molecule has 1 rings (SSSR count). The molecular formula is C11H17NO4S. The molecule has 0 aliphatic carbocycles. The van der Waals surface area contributed by atoms with Gasteiger partial charge in [-0.1, -0.05) is 0 Å². The zero-order valence-corrected chi connectivity index (χ0v) is 11.2. The topological polar surface area (TPSA) is 74.3 Å². The molecule has 0 atom stereocenters. The van der Waals surface area contributed by atoms with Gasteiger partial charge in [0.15, 0.2) is 0 Å². The molecule has 0 aliphatic heterocycles. The number of rotatable bonds is 2. The number of quaternary nitrogens is 1. The average molecular weight is 259 g/mol. The maximum absolute atomic E-state index is 10.4. The smallest absolute Gasteiger partial charge is 0.150 e. The standard InChI is InChI=1S/C10H14NO.CH4O3S/c1-11(2,3)10-6-4-9(8-12)5-7-10;1-5(2,3)4/h4-8H,1-3H3;1H3,(H,2,3,4)/q+1;/p-1. The zero-order chi connectivity index (χ0) is 13.7. The predicted molar refractivity (Wildman–Crippen MR) is 67.0 cm³/mol. The molecule has 0 saturated heterocycles. The number of carbonyl (C=O) groups is 1. The lowest BCUT2D eigenvalue weighted by Crippen LogP contribution is -2.34. The molecule has 0 amide bonds. The fraction of sp³-hybridized carbons (Fsp3) is 0.364. The average Bonchev–Trinajstić information content (AvgIpc) is 2.14. The lowest BCUT2D eigenvalue weighted by atomic mass is 10.2. The van der Waals surface area contributed by atoms with Gasteiger partial charge in [0.05, 0.1) is 31.3 Å². The quantitative estimate of drug-likeness (QED) is 0.448. The highest BCUT2D eigenvalue weighted by molar-refractivity contribution is 7.84. The highest BCUT2D eigenvalue weighted by atomic mass is 32.2. The van der Waals surface area contributed by atoms with Gasteiger partial charge in [-0.2, -0.15) is 0 Å². The number of hydrogen-bond acceptors (Lipinski definition) is 4. The van der Waals surface area contributed by atoms with E-state index in [9.17, 15) is 4.79 Å². The van der Waals surface area contributed by atoms with Gasteiger partial charge in [0.25, 0.3) is 0 Å². The Balaban J connectivity index is 0.000000437. The highest BCUT2D eigenvalue weighted by Crippen LogP contribution is 2.16. The van der Waals surface area contributed by atoms with E-state index < -0.39 is 10.1 Å². The van der Waals surface area contributed by atoms with Crippen molar-refractivity contribution < 1.29 is 17.8 Å². The molecule has 6 heteroatoms. The first kappa shape index (κ1) is 15.8. The van der Waals surface area contributed by atoms with E-state index in [1.807, 2.05) is 24.3 Å². The van der Waals surface area contributed by atoms with Gasteiger partial charge in [0.1, 0.15) is 12.0 Å². The van der Waals surface area contributed by atoms with Gasteiger partial charge < -0.3 is 4.55 Å². The number of benzene rings is 1. The van der Waals surface area contributed by atoms with Crippen LogP contribution in [-0.4, -0.2) is 46.7 Å². The second-order valence-corrected chi connectivity index (χ2v) is 5.83. The van der Waals surface area contributed by atoms with Gasteiger partial charge in [0, 0.05) is 11.8 Å². The van der Waals surface area contributed by atoms with Crippen LogP contribution in [0, 0.1) is 0 Å². The summed E-state index contributed by atoms with van der Waals surface area (Å²) < 4.78 is 28.0. The maximum atomic E-state index is 10.4. The fourth-order valence-corrected chi connectivity index (χ4v) is 1.00. The molecule has 0 saturated carbocycles. The van der Waals surface area contributed by atoms with E-state index in [-0.39, 0.29) is 0 Å². The van der Waals surface area contributed by atoms with Crippen LogP contribution in [-0.2, 0) is 10.1 Å². The van der Waals surface area contributed by atoms with Gasteiger partial charge in [0.2, 0.25) is 0 Å². The third-order valence-electron chi connectivity index (χ3n) is 1.80. The molecule has 0 aromatic heterocycles. The summed E-state index contributed by atoms with van der Waals surface area (Å²) in [5.74, 6) is 0. The summed E-state index contributed by atoms with van der Waals surface area (Å²) in [6.45, 7) is 0.